The smallest absolute Gasteiger partial charge is 0.338 e. The number of allylic oxidation sites excluding steroid dienone is 2. The molecule has 0 saturated carbocycles. The number of methoxy groups -OCH3 is 1. The van der Waals surface area contributed by atoms with Gasteiger partial charge in [0.25, 0.3) is 0 Å². The lowest BCUT2D eigenvalue weighted by Crippen LogP contribution is -2.39. The first kappa shape index (κ1) is 24.2. The van der Waals surface area contributed by atoms with Gasteiger partial charge in [-0.05, 0) is 55.8 Å². The molecule has 0 aromatic heterocycles. The highest BCUT2D eigenvalue weighted by atomic mass is 32.2. The summed E-state index contributed by atoms with van der Waals surface area (Å²) in [5.74, 6) is 0.823. The highest BCUT2D eigenvalue weighted by Crippen LogP contribution is 2.46. The minimum Gasteiger partial charge on any atom is -0.493 e. The molecule has 0 unspecified atom stereocenters. The van der Waals surface area contributed by atoms with Crippen molar-refractivity contribution in [1.29, 1.82) is 5.26 Å². The molecule has 2 heterocycles. The van der Waals surface area contributed by atoms with E-state index in [0.29, 0.717) is 39.4 Å². The number of thioether (sulfide) groups is 1. The second kappa shape index (κ2) is 10.2. The van der Waals surface area contributed by atoms with Crippen molar-refractivity contribution < 1.29 is 19.0 Å². The summed E-state index contributed by atoms with van der Waals surface area (Å²) < 4.78 is 17.2. The molecule has 0 saturated heterocycles. The van der Waals surface area contributed by atoms with Crippen molar-refractivity contribution in [2.75, 3.05) is 7.11 Å². The van der Waals surface area contributed by atoms with Gasteiger partial charge >= 0.3 is 5.97 Å². The molecule has 35 heavy (non-hydrogen) atoms. The van der Waals surface area contributed by atoms with Crippen LogP contribution >= 0.6 is 11.8 Å². The van der Waals surface area contributed by atoms with Gasteiger partial charge in [0.15, 0.2) is 16.7 Å². The minimum absolute atomic E-state index is 0.243. The Labute approximate surface area is 208 Å². The summed E-state index contributed by atoms with van der Waals surface area (Å²) in [4.78, 5) is 19.8. The molecule has 2 aliphatic heterocycles. The minimum atomic E-state index is -0.649. The van der Waals surface area contributed by atoms with Crippen molar-refractivity contribution in [3.8, 4) is 17.6 Å². The van der Waals surface area contributed by atoms with Crippen LogP contribution in [0, 0.1) is 11.3 Å². The van der Waals surface area contributed by atoms with Gasteiger partial charge in [0.2, 0.25) is 0 Å². The standard InChI is InChI=1S/C26H26N4O4S/c1-15(2)34-25(31)22-16(3)29-26-30(24(28)21(13-27)35-26)23(22)18-10-11-19(20(12-18)32-4)33-14-17-8-6-5-7-9-17/h5-12,15,23H,14,28H2,1-4H3/t23-/m1/s1. The maximum absolute atomic E-state index is 13.2. The Balaban J connectivity index is 1.75. The van der Waals surface area contributed by atoms with Crippen molar-refractivity contribution in [2.45, 2.75) is 39.5 Å². The van der Waals surface area contributed by atoms with Crippen LogP contribution in [0.1, 0.15) is 37.9 Å². The van der Waals surface area contributed by atoms with Crippen LogP contribution in [0.2, 0.25) is 0 Å². The third kappa shape index (κ3) is 4.84. The zero-order valence-electron chi connectivity index (χ0n) is 19.9. The van der Waals surface area contributed by atoms with E-state index in [1.807, 2.05) is 42.5 Å². The van der Waals surface area contributed by atoms with E-state index in [4.69, 9.17) is 19.9 Å². The summed E-state index contributed by atoms with van der Waals surface area (Å²) in [5.41, 5.74) is 8.95. The summed E-state index contributed by atoms with van der Waals surface area (Å²) >= 11 is 1.18. The number of hydrogen-bond acceptors (Lipinski definition) is 9. The van der Waals surface area contributed by atoms with Crippen molar-refractivity contribution in [1.82, 2.24) is 4.90 Å². The van der Waals surface area contributed by atoms with Gasteiger partial charge < -0.3 is 19.9 Å². The highest BCUT2D eigenvalue weighted by molar-refractivity contribution is 8.17. The molecule has 2 N–H and O–H groups in total. The molecule has 0 amide bonds. The van der Waals surface area contributed by atoms with Crippen LogP contribution in [0.3, 0.4) is 0 Å². The van der Waals surface area contributed by atoms with Crippen LogP contribution in [0.15, 0.2) is 75.5 Å². The van der Waals surface area contributed by atoms with E-state index >= 15 is 0 Å². The quantitative estimate of drug-likeness (QED) is 0.560. The molecule has 0 aliphatic carbocycles. The molecule has 2 aliphatic rings. The number of ether oxygens (including phenoxy) is 3. The third-order valence-electron chi connectivity index (χ3n) is 5.48. The molecule has 0 bridgehead atoms. The van der Waals surface area contributed by atoms with Crippen LogP contribution in [-0.2, 0) is 16.1 Å². The van der Waals surface area contributed by atoms with Crippen LogP contribution < -0.4 is 15.2 Å². The fourth-order valence-corrected chi connectivity index (χ4v) is 4.82. The van der Waals surface area contributed by atoms with Crippen molar-refractivity contribution in [3.63, 3.8) is 0 Å². The molecule has 4 rings (SSSR count). The lowest BCUT2D eigenvalue weighted by molar-refractivity contribution is -0.143. The number of amidine groups is 1. The van der Waals surface area contributed by atoms with Gasteiger partial charge in [0, 0.05) is 0 Å². The average molecular weight is 491 g/mol. The number of rotatable bonds is 7. The number of hydrogen-bond donors (Lipinski definition) is 1. The molecule has 0 spiro atoms. The molecule has 2 aromatic rings. The highest BCUT2D eigenvalue weighted by Gasteiger charge is 2.43. The van der Waals surface area contributed by atoms with Gasteiger partial charge in [-0.25, -0.2) is 9.79 Å². The normalized spacial score (nSPS) is 17.2. The number of benzene rings is 2. The number of nitrogens with zero attached hydrogens (tertiary/aromatic N) is 3. The summed E-state index contributed by atoms with van der Waals surface area (Å²) in [6.45, 7) is 5.71. The van der Waals surface area contributed by atoms with Gasteiger partial charge in [-0.3, -0.25) is 4.90 Å². The fourth-order valence-electron chi connectivity index (χ4n) is 3.90. The van der Waals surface area contributed by atoms with Gasteiger partial charge in [-0.1, -0.05) is 36.4 Å². The molecule has 0 radical (unpaired) electrons. The Morgan fingerprint density at radius 1 is 1.23 bits per heavy atom. The second-order valence-electron chi connectivity index (χ2n) is 8.23. The molecule has 9 heteroatoms. The number of nitriles is 1. The van der Waals surface area contributed by atoms with E-state index in [9.17, 15) is 10.1 Å². The summed E-state index contributed by atoms with van der Waals surface area (Å²) in [7, 11) is 1.56. The first-order valence-electron chi connectivity index (χ1n) is 11.1. The Hall–Kier alpha value is -3.90. The van der Waals surface area contributed by atoms with Gasteiger partial charge in [0.05, 0.1) is 30.5 Å². The summed E-state index contributed by atoms with van der Waals surface area (Å²) in [6, 6.07) is 16.8. The monoisotopic (exact) mass is 490 g/mol. The zero-order chi connectivity index (χ0) is 25.1. The lowest BCUT2D eigenvalue weighted by Gasteiger charge is -2.35. The van der Waals surface area contributed by atoms with Crippen LogP contribution in [0.5, 0.6) is 11.5 Å². The number of esters is 1. The largest absolute Gasteiger partial charge is 0.493 e. The number of carbonyl (C=O) groups is 1. The van der Waals surface area contributed by atoms with E-state index in [1.165, 1.54) is 11.8 Å². The van der Waals surface area contributed by atoms with E-state index in [1.54, 1.807) is 38.8 Å². The predicted octanol–water partition coefficient (Wildman–Crippen LogP) is 4.61. The van der Waals surface area contributed by atoms with Gasteiger partial charge in [0.1, 0.15) is 23.4 Å². The molecule has 1 atom stereocenters. The Bertz CT molecular complexity index is 1280. The molecule has 2 aromatic carbocycles. The average Bonchev–Trinajstić information content (AvgIpc) is 3.16. The van der Waals surface area contributed by atoms with E-state index < -0.39 is 12.0 Å². The summed E-state index contributed by atoms with van der Waals surface area (Å²) in [5, 5.41) is 10.1. The molecular formula is C26H26N4O4S. The number of carbonyl (C=O) groups excluding carboxylic acids is 1. The number of nitrogens with two attached hydrogens (primary N) is 1. The van der Waals surface area contributed by atoms with E-state index in [0.717, 1.165) is 11.1 Å². The molecule has 0 fully saturated rings. The number of fused-ring (bicyclic) bond motifs is 1. The zero-order valence-corrected chi connectivity index (χ0v) is 20.8. The van der Waals surface area contributed by atoms with Crippen molar-refractivity contribution in [3.05, 3.63) is 81.7 Å². The van der Waals surface area contributed by atoms with Crippen molar-refractivity contribution >= 4 is 22.9 Å². The first-order chi connectivity index (χ1) is 16.8. The van der Waals surface area contributed by atoms with E-state index in [2.05, 4.69) is 11.1 Å². The van der Waals surface area contributed by atoms with E-state index in [-0.39, 0.29) is 11.9 Å². The van der Waals surface area contributed by atoms with Crippen LogP contribution in [0.4, 0.5) is 0 Å². The first-order valence-corrected chi connectivity index (χ1v) is 11.9. The van der Waals surface area contributed by atoms with Crippen molar-refractivity contribution in [2.24, 2.45) is 10.7 Å². The maximum Gasteiger partial charge on any atom is 0.338 e. The molecular weight excluding hydrogens is 464 g/mol. The third-order valence-corrected chi connectivity index (χ3v) is 6.46. The number of aliphatic imine (C=N–C) groups is 1. The Kier molecular flexibility index (Phi) is 7.03. The van der Waals surface area contributed by atoms with Crippen LogP contribution in [-0.4, -0.2) is 29.3 Å². The fraction of sp³-hybridized carbons (Fsp3) is 0.269. The van der Waals surface area contributed by atoms with Gasteiger partial charge in [-0.2, -0.15) is 5.26 Å². The van der Waals surface area contributed by atoms with Crippen LogP contribution in [0.25, 0.3) is 0 Å². The summed E-state index contributed by atoms with van der Waals surface area (Å²) in [6.07, 6.45) is -0.312. The Morgan fingerprint density at radius 2 is 1.97 bits per heavy atom. The topological polar surface area (TPSA) is 110 Å². The maximum atomic E-state index is 13.2. The predicted molar refractivity (Wildman–Crippen MR) is 134 cm³/mol. The SMILES string of the molecule is COc1cc([C@@H]2C(C(=O)OC(C)C)=C(C)N=C3SC(C#N)=C(N)N32)ccc1OCc1ccccc1. The lowest BCUT2D eigenvalue weighted by atomic mass is 9.94. The Morgan fingerprint density at radius 3 is 2.63 bits per heavy atom. The van der Waals surface area contributed by atoms with Gasteiger partial charge in [-0.15, -0.1) is 0 Å². The molecule has 180 valence electrons. The second-order valence-corrected chi connectivity index (χ2v) is 9.21. The molecule has 8 nitrogen and oxygen atoms in total.